The van der Waals surface area contributed by atoms with Crippen molar-refractivity contribution in [2.24, 2.45) is 0 Å². The molecular formula is C24H32N6O3. The molecule has 2 aromatic heterocycles. The van der Waals surface area contributed by atoms with Crippen LogP contribution in [0.15, 0.2) is 28.8 Å². The van der Waals surface area contributed by atoms with Crippen molar-refractivity contribution in [3.63, 3.8) is 0 Å². The van der Waals surface area contributed by atoms with E-state index in [1.54, 1.807) is 0 Å². The highest BCUT2D eigenvalue weighted by atomic mass is 16.5. The van der Waals surface area contributed by atoms with Crippen molar-refractivity contribution < 1.29 is 14.1 Å². The van der Waals surface area contributed by atoms with Gasteiger partial charge in [-0.25, -0.2) is 4.98 Å². The second-order valence-corrected chi connectivity index (χ2v) is 8.84. The van der Waals surface area contributed by atoms with E-state index in [1.165, 1.54) is 6.92 Å². The van der Waals surface area contributed by atoms with E-state index in [-0.39, 0.29) is 18.2 Å². The monoisotopic (exact) mass is 452 g/mol. The minimum Gasteiger partial charge on any atom is -0.354 e. The minimum atomic E-state index is -0.572. The summed E-state index contributed by atoms with van der Waals surface area (Å²) in [4.78, 5) is 33.3. The highest BCUT2D eigenvalue weighted by molar-refractivity contribution is 5.77. The van der Waals surface area contributed by atoms with Gasteiger partial charge < -0.3 is 19.7 Å². The minimum absolute atomic E-state index is 0.0668. The van der Waals surface area contributed by atoms with E-state index in [2.05, 4.69) is 30.3 Å². The molecule has 9 heteroatoms. The van der Waals surface area contributed by atoms with Gasteiger partial charge in [0.15, 0.2) is 5.82 Å². The van der Waals surface area contributed by atoms with Crippen LogP contribution in [0.25, 0.3) is 11.0 Å². The van der Waals surface area contributed by atoms with Gasteiger partial charge in [-0.05, 0) is 31.9 Å². The lowest BCUT2D eigenvalue weighted by atomic mass is 9.89. The molecule has 2 amide bonds. The molecule has 9 nitrogen and oxygen atoms in total. The predicted octanol–water partition coefficient (Wildman–Crippen LogP) is 3.16. The van der Waals surface area contributed by atoms with E-state index in [9.17, 15) is 9.59 Å². The number of rotatable bonds is 8. The van der Waals surface area contributed by atoms with Crippen molar-refractivity contribution in [2.45, 2.75) is 77.3 Å². The van der Waals surface area contributed by atoms with E-state index in [1.807, 2.05) is 31.2 Å². The van der Waals surface area contributed by atoms with Crippen LogP contribution in [-0.4, -0.2) is 38.1 Å². The first-order valence-electron chi connectivity index (χ1n) is 11.8. The molecule has 1 aliphatic carbocycles. The molecule has 1 saturated carbocycles. The van der Waals surface area contributed by atoms with Crippen LogP contribution < -0.4 is 10.6 Å². The molecule has 0 bridgehead atoms. The maximum atomic E-state index is 12.4. The summed E-state index contributed by atoms with van der Waals surface area (Å²) in [7, 11) is 0. The molecule has 0 radical (unpaired) electrons. The number of imidazole rings is 1. The van der Waals surface area contributed by atoms with E-state index in [0.29, 0.717) is 31.2 Å². The Kier molecular flexibility index (Phi) is 7.05. The van der Waals surface area contributed by atoms with E-state index in [4.69, 9.17) is 4.52 Å². The molecule has 0 atom stereocenters. The number of hydrogen-bond acceptors (Lipinski definition) is 6. The van der Waals surface area contributed by atoms with E-state index in [0.717, 1.165) is 55.4 Å². The quantitative estimate of drug-likeness (QED) is 0.507. The number of amides is 2. The lowest BCUT2D eigenvalue weighted by Crippen LogP contribution is -2.45. The van der Waals surface area contributed by atoms with Crippen molar-refractivity contribution in [1.82, 2.24) is 30.3 Å². The summed E-state index contributed by atoms with van der Waals surface area (Å²) in [6.45, 7) is 4.66. The van der Waals surface area contributed by atoms with Crippen LogP contribution in [0.5, 0.6) is 0 Å². The summed E-state index contributed by atoms with van der Waals surface area (Å²) in [6, 6.07) is 7.98. The van der Waals surface area contributed by atoms with Gasteiger partial charge in [0.25, 0.3) is 0 Å². The molecule has 0 spiro atoms. The van der Waals surface area contributed by atoms with Crippen molar-refractivity contribution in [1.29, 1.82) is 0 Å². The van der Waals surface area contributed by atoms with Crippen LogP contribution in [0.3, 0.4) is 0 Å². The first kappa shape index (κ1) is 22.9. The Morgan fingerprint density at radius 1 is 1.12 bits per heavy atom. The number of nitrogens with one attached hydrogen (secondary N) is 2. The van der Waals surface area contributed by atoms with Crippen LogP contribution in [-0.2, 0) is 28.1 Å². The van der Waals surface area contributed by atoms with Gasteiger partial charge >= 0.3 is 0 Å². The lowest BCUT2D eigenvalue weighted by Gasteiger charge is -2.30. The Balaban J connectivity index is 1.30. The highest BCUT2D eigenvalue weighted by Gasteiger charge is 2.38. The third-order valence-corrected chi connectivity index (χ3v) is 6.34. The molecular weight excluding hydrogens is 420 g/mol. The molecule has 2 heterocycles. The maximum absolute atomic E-state index is 12.4. The lowest BCUT2D eigenvalue weighted by molar-refractivity contribution is -0.122. The molecule has 33 heavy (non-hydrogen) atoms. The van der Waals surface area contributed by atoms with Gasteiger partial charge in [-0.3, -0.25) is 9.59 Å². The number of para-hydroxylation sites is 2. The number of carbonyl (C=O) groups is 2. The van der Waals surface area contributed by atoms with Crippen LogP contribution >= 0.6 is 0 Å². The first-order valence-corrected chi connectivity index (χ1v) is 11.8. The standard InChI is InChI=1S/C24H32N6O3/c1-17-26-19-9-5-6-10-20(19)30(17)16-15-25-21(32)11-12-22-27-23(29-33-22)24(28-18(2)31)13-7-3-4-8-14-24/h5-6,9-10H,3-4,7-8,11-16H2,1-2H3,(H,25,32)(H,28,31). The molecule has 3 aromatic rings. The average molecular weight is 453 g/mol. The molecule has 1 aromatic carbocycles. The fourth-order valence-electron chi connectivity index (χ4n) is 4.72. The third kappa shape index (κ3) is 5.40. The summed E-state index contributed by atoms with van der Waals surface area (Å²) in [5.74, 6) is 1.71. The number of carbonyl (C=O) groups excluding carboxylic acids is 2. The molecule has 0 unspecified atom stereocenters. The van der Waals surface area contributed by atoms with Crippen LogP contribution in [0.4, 0.5) is 0 Å². The summed E-state index contributed by atoms with van der Waals surface area (Å²) >= 11 is 0. The Hall–Kier alpha value is -3.23. The van der Waals surface area contributed by atoms with Crippen molar-refractivity contribution in [3.8, 4) is 0 Å². The molecule has 2 N–H and O–H groups in total. The molecule has 0 saturated heterocycles. The first-order chi connectivity index (χ1) is 16.0. The summed E-state index contributed by atoms with van der Waals surface area (Å²) < 4.78 is 7.54. The maximum Gasteiger partial charge on any atom is 0.227 e. The zero-order valence-corrected chi connectivity index (χ0v) is 19.4. The summed E-state index contributed by atoms with van der Waals surface area (Å²) in [6.07, 6.45) is 6.53. The van der Waals surface area contributed by atoms with E-state index < -0.39 is 5.54 Å². The van der Waals surface area contributed by atoms with Crippen molar-refractivity contribution >= 4 is 22.8 Å². The Bertz CT molecular complexity index is 1110. The van der Waals surface area contributed by atoms with Crippen LogP contribution in [0, 0.1) is 6.92 Å². The summed E-state index contributed by atoms with van der Waals surface area (Å²) in [5.41, 5.74) is 1.45. The number of nitrogens with zero attached hydrogens (tertiary/aromatic N) is 4. The molecule has 176 valence electrons. The van der Waals surface area contributed by atoms with Gasteiger partial charge in [-0.15, -0.1) is 0 Å². The van der Waals surface area contributed by atoms with Gasteiger partial charge in [0.2, 0.25) is 17.7 Å². The smallest absolute Gasteiger partial charge is 0.227 e. The fourth-order valence-corrected chi connectivity index (χ4v) is 4.72. The second kappa shape index (κ2) is 10.1. The van der Waals surface area contributed by atoms with Crippen LogP contribution in [0.2, 0.25) is 0 Å². The van der Waals surface area contributed by atoms with Gasteiger partial charge in [-0.1, -0.05) is 43.0 Å². The zero-order chi connectivity index (χ0) is 23.3. The van der Waals surface area contributed by atoms with E-state index >= 15 is 0 Å². The zero-order valence-electron chi connectivity index (χ0n) is 19.4. The van der Waals surface area contributed by atoms with Crippen molar-refractivity contribution in [2.75, 3.05) is 6.54 Å². The Morgan fingerprint density at radius 3 is 2.64 bits per heavy atom. The molecule has 1 fully saturated rings. The number of aryl methyl sites for hydroxylation is 2. The Morgan fingerprint density at radius 2 is 1.88 bits per heavy atom. The Labute approximate surface area is 193 Å². The number of hydrogen-bond donors (Lipinski definition) is 2. The van der Waals surface area contributed by atoms with Gasteiger partial charge in [0, 0.05) is 32.9 Å². The molecule has 4 rings (SSSR count). The largest absolute Gasteiger partial charge is 0.354 e. The number of benzene rings is 1. The average Bonchev–Trinajstić information content (AvgIpc) is 3.31. The summed E-state index contributed by atoms with van der Waals surface area (Å²) in [5, 5.41) is 10.2. The highest BCUT2D eigenvalue weighted by Crippen LogP contribution is 2.34. The third-order valence-electron chi connectivity index (χ3n) is 6.34. The normalized spacial score (nSPS) is 15.8. The van der Waals surface area contributed by atoms with Crippen molar-refractivity contribution in [3.05, 3.63) is 41.8 Å². The van der Waals surface area contributed by atoms with Gasteiger partial charge in [-0.2, -0.15) is 4.98 Å². The molecule has 1 aliphatic rings. The van der Waals surface area contributed by atoms with Gasteiger partial charge in [0.05, 0.1) is 11.0 Å². The van der Waals surface area contributed by atoms with Gasteiger partial charge in [0.1, 0.15) is 11.4 Å². The predicted molar refractivity (Wildman–Crippen MR) is 123 cm³/mol. The molecule has 0 aliphatic heterocycles. The van der Waals surface area contributed by atoms with Crippen LogP contribution in [0.1, 0.15) is 69.4 Å². The number of aromatic nitrogens is 4. The fraction of sp³-hybridized carbons (Fsp3) is 0.542. The SMILES string of the molecule is CC(=O)NC1(c2noc(CCC(=O)NCCn3c(C)nc4ccccc43)n2)CCCCCC1. The topological polar surface area (TPSA) is 115 Å². The second-order valence-electron chi connectivity index (χ2n) is 8.84. The number of fused-ring (bicyclic) bond motifs is 1.